The molecule has 0 aromatic heterocycles. The normalized spacial score (nSPS) is 16.7. The quantitative estimate of drug-likeness (QED) is 0.773. The summed E-state index contributed by atoms with van der Waals surface area (Å²) in [5.41, 5.74) is 0.739. The molecule has 5 heteroatoms. The Morgan fingerprint density at radius 1 is 1.08 bits per heavy atom. The Balaban J connectivity index is 1.71. The number of hydrogen-bond acceptors (Lipinski definition) is 2. The second-order valence-corrected chi connectivity index (χ2v) is 7.52. The number of hydrogen-bond donors (Lipinski definition) is 2. The van der Waals surface area contributed by atoms with Crippen LogP contribution in [0.2, 0.25) is 0 Å². The Morgan fingerprint density at radius 3 is 2.32 bits per heavy atom. The summed E-state index contributed by atoms with van der Waals surface area (Å²) in [5.74, 6) is 0.876. The standard InChI is InChI=1S/C20H31N3O2/c1-16(2)9-10-17(3)21-19(24)15-22-11-13-23(14-12-22)20(25)18-7-5-4-6-8-18/h4-8,16-17H,9-15H2,1-3H3,(H,21,24)/p+1/t17-/m1/s1. The minimum Gasteiger partial charge on any atom is -0.349 e. The molecule has 25 heavy (non-hydrogen) atoms. The van der Waals surface area contributed by atoms with Gasteiger partial charge in [0.05, 0.1) is 26.2 Å². The molecule has 1 aliphatic rings. The largest absolute Gasteiger partial charge is 0.349 e. The van der Waals surface area contributed by atoms with Gasteiger partial charge in [-0.3, -0.25) is 9.59 Å². The van der Waals surface area contributed by atoms with E-state index in [4.69, 9.17) is 0 Å². The van der Waals surface area contributed by atoms with Gasteiger partial charge >= 0.3 is 0 Å². The Morgan fingerprint density at radius 2 is 1.72 bits per heavy atom. The minimum atomic E-state index is 0.0893. The molecule has 2 amide bonds. The van der Waals surface area contributed by atoms with Crippen LogP contribution in [0, 0.1) is 5.92 Å². The Bertz CT molecular complexity index is 551. The average Bonchev–Trinajstić information content (AvgIpc) is 2.60. The van der Waals surface area contributed by atoms with E-state index in [0.717, 1.165) is 31.5 Å². The third-order valence-electron chi connectivity index (χ3n) is 4.77. The lowest BCUT2D eigenvalue weighted by Gasteiger charge is -2.32. The van der Waals surface area contributed by atoms with Gasteiger partial charge in [0.15, 0.2) is 6.54 Å². The van der Waals surface area contributed by atoms with E-state index >= 15 is 0 Å². The molecule has 1 saturated heterocycles. The number of carbonyl (C=O) groups is 2. The molecule has 0 radical (unpaired) electrons. The lowest BCUT2D eigenvalue weighted by molar-refractivity contribution is -0.896. The highest BCUT2D eigenvalue weighted by Gasteiger charge is 2.26. The van der Waals surface area contributed by atoms with Gasteiger partial charge in [0.2, 0.25) is 0 Å². The lowest BCUT2D eigenvalue weighted by Crippen LogP contribution is -3.15. The number of nitrogens with one attached hydrogen (secondary N) is 2. The van der Waals surface area contributed by atoms with Crippen molar-refractivity contribution in [2.45, 2.75) is 39.7 Å². The first-order chi connectivity index (χ1) is 12.0. The van der Waals surface area contributed by atoms with Crippen LogP contribution in [0.1, 0.15) is 44.0 Å². The van der Waals surface area contributed by atoms with Crippen molar-refractivity contribution in [2.75, 3.05) is 32.7 Å². The second kappa shape index (κ2) is 9.56. The molecule has 1 aliphatic heterocycles. The van der Waals surface area contributed by atoms with Crippen LogP contribution in [0.25, 0.3) is 0 Å². The van der Waals surface area contributed by atoms with Gasteiger partial charge in [-0.1, -0.05) is 32.0 Å². The van der Waals surface area contributed by atoms with Crippen molar-refractivity contribution in [3.05, 3.63) is 35.9 Å². The molecule has 1 aromatic rings. The molecule has 1 fully saturated rings. The van der Waals surface area contributed by atoms with Crippen molar-refractivity contribution in [1.29, 1.82) is 0 Å². The molecule has 1 aromatic carbocycles. The lowest BCUT2D eigenvalue weighted by atomic mass is 10.0. The van der Waals surface area contributed by atoms with Crippen molar-refractivity contribution in [1.82, 2.24) is 10.2 Å². The number of amides is 2. The van der Waals surface area contributed by atoms with E-state index in [-0.39, 0.29) is 17.9 Å². The molecule has 0 bridgehead atoms. The summed E-state index contributed by atoms with van der Waals surface area (Å²) in [5, 5.41) is 3.10. The molecule has 2 N–H and O–H groups in total. The summed E-state index contributed by atoms with van der Waals surface area (Å²) in [7, 11) is 0. The zero-order valence-electron chi connectivity index (χ0n) is 15.8. The van der Waals surface area contributed by atoms with E-state index < -0.39 is 0 Å². The topological polar surface area (TPSA) is 53.9 Å². The third kappa shape index (κ3) is 6.50. The maximum Gasteiger partial charge on any atom is 0.275 e. The van der Waals surface area contributed by atoms with E-state index in [9.17, 15) is 9.59 Å². The fourth-order valence-electron chi connectivity index (χ4n) is 3.17. The minimum absolute atomic E-state index is 0.0893. The second-order valence-electron chi connectivity index (χ2n) is 7.52. The van der Waals surface area contributed by atoms with E-state index in [1.165, 1.54) is 4.90 Å². The molecule has 5 nitrogen and oxygen atoms in total. The fourth-order valence-corrected chi connectivity index (χ4v) is 3.17. The average molecular weight is 346 g/mol. The molecule has 0 unspecified atom stereocenters. The molecule has 0 aliphatic carbocycles. The van der Waals surface area contributed by atoms with E-state index in [1.807, 2.05) is 35.2 Å². The smallest absolute Gasteiger partial charge is 0.275 e. The van der Waals surface area contributed by atoms with Crippen LogP contribution < -0.4 is 10.2 Å². The van der Waals surface area contributed by atoms with E-state index in [1.54, 1.807) is 0 Å². The number of carbonyl (C=O) groups excluding carboxylic acids is 2. The highest BCUT2D eigenvalue weighted by atomic mass is 16.2. The predicted octanol–water partition coefficient (Wildman–Crippen LogP) is 0.968. The molecule has 0 saturated carbocycles. The molecule has 1 atom stereocenters. The van der Waals surface area contributed by atoms with Gasteiger partial charge in [-0.2, -0.15) is 0 Å². The van der Waals surface area contributed by atoms with E-state index in [0.29, 0.717) is 25.6 Å². The maximum atomic E-state index is 12.4. The van der Waals surface area contributed by atoms with Gasteiger partial charge in [0.25, 0.3) is 11.8 Å². The van der Waals surface area contributed by atoms with E-state index in [2.05, 4.69) is 26.1 Å². The molecular formula is C20H32N3O2+. The Labute approximate surface area is 151 Å². The number of quaternary nitrogens is 1. The molecule has 0 spiro atoms. The van der Waals surface area contributed by atoms with Crippen LogP contribution in [-0.4, -0.2) is 55.5 Å². The first-order valence-corrected chi connectivity index (χ1v) is 9.43. The van der Waals surface area contributed by atoms with Crippen molar-refractivity contribution >= 4 is 11.8 Å². The summed E-state index contributed by atoms with van der Waals surface area (Å²) < 4.78 is 0. The highest BCUT2D eigenvalue weighted by Crippen LogP contribution is 2.06. The zero-order chi connectivity index (χ0) is 18.2. The van der Waals surface area contributed by atoms with Crippen LogP contribution in [0.4, 0.5) is 0 Å². The van der Waals surface area contributed by atoms with Crippen LogP contribution in [-0.2, 0) is 4.79 Å². The fraction of sp³-hybridized carbons (Fsp3) is 0.600. The Hall–Kier alpha value is -1.88. The van der Waals surface area contributed by atoms with Crippen LogP contribution in [0.3, 0.4) is 0 Å². The van der Waals surface area contributed by atoms with Crippen molar-refractivity contribution in [2.24, 2.45) is 5.92 Å². The molecule has 1 heterocycles. The van der Waals surface area contributed by atoms with Gasteiger partial charge in [-0.25, -0.2) is 0 Å². The van der Waals surface area contributed by atoms with Crippen molar-refractivity contribution in [3.8, 4) is 0 Å². The van der Waals surface area contributed by atoms with Gasteiger partial charge in [0, 0.05) is 11.6 Å². The molecule has 2 rings (SSSR count). The number of rotatable bonds is 7. The van der Waals surface area contributed by atoms with Gasteiger partial charge < -0.3 is 15.1 Å². The van der Waals surface area contributed by atoms with Gasteiger partial charge in [-0.15, -0.1) is 0 Å². The molecule has 138 valence electrons. The number of piperazine rings is 1. The third-order valence-corrected chi connectivity index (χ3v) is 4.77. The van der Waals surface area contributed by atoms with Crippen molar-refractivity contribution in [3.63, 3.8) is 0 Å². The summed E-state index contributed by atoms with van der Waals surface area (Å²) in [4.78, 5) is 27.8. The predicted molar refractivity (Wildman–Crippen MR) is 99.6 cm³/mol. The van der Waals surface area contributed by atoms with Gasteiger partial charge in [-0.05, 0) is 37.8 Å². The van der Waals surface area contributed by atoms with Gasteiger partial charge in [0.1, 0.15) is 0 Å². The summed E-state index contributed by atoms with van der Waals surface area (Å²) >= 11 is 0. The van der Waals surface area contributed by atoms with Crippen LogP contribution >= 0.6 is 0 Å². The summed E-state index contributed by atoms with van der Waals surface area (Å²) in [6, 6.07) is 9.63. The van der Waals surface area contributed by atoms with Crippen LogP contribution in [0.5, 0.6) is 0 Å². The highest BCUT2D eigenvalue weighted by molar-refractivity contribution is 5.94. The SMILES string of the molecule is CC(C)CC[C@@H](C)NC(=O)C[NH+]1CCN(C(=O)c2ccccc2)CC1. The number of nitrogens with zero attached hydrogens (tertiary/aromatic N) is 1. The first kappa shape index (κ1) is 19.4. The Kier molecular flexibility index (Phi) is 7.44. The monoisotopic (exact) mass is 346 g/mol. The van der Waals surface area contributed by atoms with Crippen LogP contribution in [0.15, 0.2) is 30.3 Å². The number of benzene rings is 1. The zero-order valence-corrected chi connectivity index (χ0v) is 15.8. The van der Waals surface area contributed by atoms with Crippen molar-refractivity contribution < 1.29 is 14.5 Å². The first-order valence-electron chi connectivity index (χ1n) is 9.43. The summed E-state index contributed by atoms with van der Waals surface area (Å²) in [6.07, 6.45) is 2.16. The maximum absolute atomic E-state index is 12.4. The summed E-state index contributed by atoms with van der Waals surface area (Å²) in [6.45, 7) is 10.0. The molecular weight excluding hydrogens is 314 g/mol.